The molecule has 0 aliphatic heterocycles. The van der Waals surface area contributed by atoms with Crippen molar-refractivity contribution in [1.82, 2.24) is 4.98 Å². The van der Waals surface area contributed by atoms with Crippen molar-refractivity contribution in [2.45, 2.75) is 20.8 Å². The number of aromatic amines is 1. The van der Waals surface area contributed by atoms with Crippen LogP contribution in [0.15, 0.2) is 23.6 Å². The Morgan fingerprint density at radius 3 is 2.35 bits per heavy atom. The lowest BCUT2D eigenvalue weighted by atomic mass is 10.4. The maximum absolute atomic E-state index is 12.7. The van der Waals surface area contributed by atoms with Crippen LogP contribution < -0.4 is 0 Å². The van der Waals surface area contributed by atoms with Gasteiger partial charge in [0, 0.05) is 11.9 Å². The molecule has 0 atom stereocenters. The number of rotatable bonds is 8. The molecule has 7 heteroatoms. The predicted molar refractivity (Wildman–Crippen MR) is 76.3 cm³/mol. The van der Waals surface area contributed by atoms with E-state index in [4.69, 9.17) is 13.8 Å². The number of carbonyl (C=O) groups excluding carboxylic acids is 1. The Labute approximate surface area is 118 Å². The van der Waals surface area contributed by atoms with Crippen LogP contribution in [0.3, 0.4) is 0 Å². The highest BCUT2D eigenvalue weighted by Gasteiger charge is 2.36. The van der Waals surface area contributed by atoms with E-state index >= 15 is 0 Å². The summed E-state index contributed by atoms with van der Waals surface area (Å²) in [5.41, 5.74) is 0.618. The zero-order valence-corrected chi connectivity index (χ0v) is 12.8. The van der Waals surface area contributed by atoms with Crippen molar-refractivity contribution >= 4 is 19.6 Å². The first-order chi connectivity index (χ1) is 9.57. The molecule has 0 fully saturated rings. The van der Waals surface area contributed by atoms with Gasteiger partial charge < -0.3 is 18.8 Å². The number of hydrogen-bond acceptors (Lipinski definition) is 5. The summed E-state index contributed by atoms with van der Waals surface area (Å²) in [6.45, 7) is 5.55. The minimum Gasteiger partial charge on any atom is -0.462 e. The maximum Gasteiger partial charge on any atom is 0.368 e. The van der Waals surface area contributed by atoms with E-state index in [0.717, 1.165) is 0 Å². The number of aromatic nitrogens is 1. The third-order valence-corrected chi connectivity index (χ3v) is 4.39. The minimum absolute atomic E-state index is 0.106. The van der Waals surface area contributed by atoms with E-state index in [1.165, 1.54) is 6.08 Å². The van der Waals surface area contributed by atoms with E-state index in [9.17, 15) is 9.36 Å². The number of H-pyrrole nitrogens is 1. The van der Waals surface area contributed by atoms with Gasteiger partial charge in [-0.15, -0.1) is 0 Å². The van der Waals surface area contributed by atoms with Gasteiger partial charge in [-0.05, 0) is 39.0 Å². The first-order valence-electron chi connectivity index (χ1n) is 6.49. The second kappa shape index (κ2) is 8.04. The van der Waals surface area contributed by atoms with E-state index in [-0.39, 0.29) is 25.1 Å². The summed E-state index contributed by atoms with van der Waals surface area (Å²) in [6.07, 6.45) is 3.13. The molecule has 0 radical (unpaired) electrons. The molecule has 0 amide bonds. The van der Waals surface area contributed by atoms with Crippen molar-refractivity contribution < 1.29 is 23.1 Å². The maximum atomic E-state index is 12.7. The molecule has 0 spiro atoms. The van der Waals surface area contributed by atoms with Crippen LogP contribution in [0.1, 0.15) is 26.5 Å². The van der Waals surface area contributed by atoms with Gasteiger partial charge in [-0.3, -0.25) is 4.57 Å². The van der Waals surface area contributed by atoms with E-state index in [1.807, 2.05) is 0 Å². The zero-order valence-electron chi connectivity index (χ0n) is 11.9. The summed E-state index contributed by atoms with van der Waals surface area (Å²) in [4.78, 5) is 14.9. The van der Waals surface area contributed by atoms with Gasteiger partial charge in [0.15, 0.2) is 5.31 Å². The van der Waals surface area contributed by atoms with E-state index in [1.54, 1.807) is 39.1 Å². The SMILES string of the molecule is CCOC(=O)C(=Cc1ccc[nH]1)P(=O)(OCC)OCC. The summed E-state index contributed by atoms with van der Waals surface area (Å²) in [6, 6.07) is 3.50. The summed E-state index contributed by atoms with van der Waals surface area (Å²) < 4.78 is 28.1. The molecule has 20 heavy (non-hydrogen) atoms. The average molecular weight is 301 g/mol. The van der Waals surface area contributed by atoms with Gasteiger partial charge in [0.25, 0.3) is 0 Å². The normalized spacial score (nSPS) is 12.4. The number of hydrogen-bond donors (Lipinski definition) is 1. The standard InChI is InChI=1S/C13H20NO5P/c1-4-17-13(15)12(10-11-8-7-9-14-11)20(16,18-5-2)19-6-3/h7-10,14H,4-6H2,1-3H3. The smallest absolute Gasteiger partial charge is 0.368 e. The Hall–Kier alpha value is -1.36. The molecule has 1 rings (SSSR count). The number of carbonyl (C=O) groups is 1. The third-order valence-electron chi connectivity index (χ3n) is 2.29. The molecule has 1 aromatic rings. The van der Waals surface area contributed by atoms with Crippen LogP contribution >= 0.6 is 7.60 Å². The van der Waals surface area contributed by atoms with Crippen LogP contribution in [0.4, 0.5) is 0 Å². The summed E-state index contributed by atoms with van der Waals surface area (Å²) >= 11 is 0. The number of ether oxygens (including phenoxy) is 1. The first kappa shape index (κ1) is 16.7. The second-order valence-electron chi connectivity index (χ2n) is 3.71. The molecule has 0 aliphatic carbocycles. The highest BCUT2D eigenvalue weighted by atomic mass is 31.2. The fraction of sp³-hybridized carbons (Fsp3) is 0.462. The Balaban J connectivity index is 3.20. The van der Waals surface area contributed by atoms with Gasteiger partial charge in [0.2, 0.25) is 0 Å². The Morgan fingerprint density at radius 2 is 1.90 bits per heavy atom. The summed E-state index contributed by atoms with van der Waals surface area (Å²) in [7, 11) is -3.69. The number of esters is 1. The lowest BCUT2D eigenvalue weighted by Gasteiger charge is -2.18. The summed E-state index contributed by atoms with van der Waals surface area (Å²) in [5.74, 6) is -0.702. The highest BCUT2D eigenvalue weighted by molar-refractivity contribution is 7.60. The van der Waals surface area contributed by atoms with Crippen molar-refractivity contribution in [1.29, 1.82) is 0 Å². The molecule has 6 nitrogen and oxygen atoms in total. The quantitative estimate of drug-likeness (QED) is 0.453. The van der Waals surface area contributed by atoms with Gasteiger partial charge in [0.1, 0.15) is 0 Å². The van der Waals surface area contributed by atoms with Crippen molar-refractivity contribution in [3.05, 3.63) is 29.3 Å². The van der Waals surface area contributed by atoms with Crippen LogP contribution in [0, 0.1) is 0 Å². The monoisotopic (exact) mass is 301 g/mol. The molecule has 0 unspecified atom stereocenters. The van der Waals surface area contributed by atoms with Crippen molar-refractivity contribution in [2.75, 3.05) is 19.8 Å². The van der Waals surface area contributed by atoms with Crippen LogP contribution in [-0.2, 0) is 23.1 Å². The van der Waals surface area contributed by atoms with E-state index < -0.39 is 13.6 Å². The molecule has 0 saturated carbocycles. The third kappa shape index (κ3) is 4.34. The molecule has 0 aromatic carbocycles. The fourth-order valence-corrected chi connectivity index (χ4v) is 3.17. The highest BCUT2D eigenvalue weighted by Crippen LogP contribution is 2.56. The molecule has 1 aromatic heterocycles. The molecule has 0 saturated heterocycles. The first-order valence-corrected chi connectivity index (χ1v) is 8.03. The van der Waals surface area contributed by atoms with E-state index in [2.05, 4.69) is 4.98 Å². The molecule has 112 valence electrons. The predicted octanol–water partition coefficient (Wildman–Crippen LogP) is 3.18. The number of nitrogens with one attached hydrogen (secondary N) is 1. The van der Waals surface area contributed by atoms with Crippen molar-refractivity contribution in [2.24, 2.45) is 0 Å². The Morgan fingerprint density at radius 1 is 1.25 bits per heavy atom. The van der Waals surface area contributed by atoms with Gasteiger partial charge in [-0.2, -0.15) is 0 Å². The van der Waals surface area contributed by atoms with Gasteiger partial charge >= 0.3 is 13.6 Å². The van der Waals surface area contributed by atoms with Crippen molar-refractivity contribution in [3.63, 3.8) is 0 Å². The Kier molecular flexibility index (Phi) is 6.71. The van der Waals surface area contributed by atoms with Crippen molar-refractivity contribution in [3.8, 4) is 0 Å². The Bertz CT molecular complexity index is 485. The summed E-state index contributed by atoms with van der Waals surface area (Å²) in [5, 5.41) is -0.106. The van der Waals surface area contributed by atoms with Gasteiger partial charge in [-0.1, -0.05) is 0 Å². The molecule has 0 bridgehead atoms. The minimum atomic E-state index is -3.69. The lowest BCUT2D eigenvalue weighted by Crippen LogP contribution is -2.11. The second-order valence-corrected chi connectivity index (χ2v) is 5.70. The molecular formula is C13H20NO5P. The van der Waals surface area contributed by atoms with Gasteiger partial charge in [-0.25, -0.2) is 4.79 Å². The fourth-order valence-electron chi connectivity index (χ4n) is 1.55. The topological polar surface area (TPSA) is 77.6 Å². The van der Waals surface area contributed by atoms with Crippen LogP contribution in [0.2, 0.25) is 0 Å². The largest absolute Gasteiger partial charge is 0.462 e. The molecule has 1 N–H and O–H groups in total. The zero-order chi connectivity index (χ0) is 15.0. The van der Waals surface area contributed by atoms with E-state index in [0.29, 0.717) is 5.69 Å². The van der Waals surface area contributed by atoms with Crippen LogP contribution in [0.5, 0.6) is 0 Å². The molecular weight excluding hydrogens is 281 g/mol. The molecule has 1 heterocycles. The average Bonchev–Trinajstić information content (AvgIpc) is 2.89. The van der Waals surface area contributed by atoms with Gasteiger partial charge in [0.05, 0.1) is 19.8 Å². The molecule has 0 aliphatic rings. The lowest BCUT2D eigenvalue weighted by molar-refractivity contribution is -0.137. The van der Waals surface area contributed by atoms with Crippen LogP contribution in [0.25, 0.3) is 6.08 Å². The van der Waals surface area contributed by atoms with Crippen LogP contribution in [-0.4, -0.2) is 30.8 Å².